The lowest BCUT2D eigenvalue weighted by atomic mass is 10.2. The summed E-state index contributed by atoms with van der Waals surface area (Å²) in [5.74, 6) is 0. The third-order valence-corrected chi connectivity index (χ3v) is 1.65. The standard InChI is InChI=1S/C6H11Cl2S/c1-2-3-4-5-6(7,8)9/h2-5H2,1H3. The predicted molar refractivity (Wildman–Crippen MR) is 46.2 cm³/mol. The minimum Gasteiger partial charge on any atom is -0.0885 e. The van der Waals surface area contributed by atoms with Crippen LogP contribution in [0.5, 0.6) is 0 Å². The summed E-state index contributed by atoms with van der Waals surface area (Å²) in [5.41, 5.74) is 0. The fraction of sp³-hybridized carbons (Fsp3) is 1.00. The monoisotopic (exact) mass is 185 g/mol. The number of hydrogen-bond donors (Lipinski definition) is 0. The van der Waals surface area contributed by atoms with E-state index in [4.69, 9.17) is 35.8 Å². The van der Waals surface area contributed by atoms with Crippen LogP contribution in [-0.2, 0) is 0 Å². The molecule has 0 saturated carbocycles. The first-order valence-electron chi connectivity index (χ1n) is 3.14. The second-order valence-corrected chi connectivity index (χ2v) is 4.72. The summed E-state index contributed by atoms with van der Waals surface area (Å²) in [4.78, 5) is 0. The lowest BCUT2D eigenvalue weighted by Gasteiger charge is -2.08. The van der Waals surface area contributed by atoms with Gasteiger partial charge in [0.15, 0.2) is 3.67 Å². The Morgan fingerprint density at radius 2 is 1.89 bits per heavy atom. The highest BCUT2D eigenvalue weighted by atomic mass is 35.5. The molecule has 0 bridgehead atoms. The van der Waals surface area contributed by atoms with Crippen molar-refractivity contribution in [3.05, 3.63) is 0 Å². The summed E-state index contributed by atoms with van der Waals surface area (Å²) in [5, 5.41) is 0. The van der Waals surface area contributed by atoms with Crippen LogP contribution >= 0.6 is 35.8 Å². The average Bonchev–Trinajstić information content (AvgIpc) is 1.63. The van der Waals surface area contributed by atoms with Gasteiger partial charge < -0.3 is 0 Å². The Labute approximate surface area is 72.3 Å². The van der Waals surface area contributed by atoms with Crippen LogP contribution in [0.25, 0.3) is 0 Å². The summed E-state index contributed by atoms with van der Waals surface area (Å²) >= 11 is 15.8. The summed E-state index contributed by atoms with van der Waals surface area (Å²) in [6.07, 6.45) is 4.10. The molecule has 0 spiro atoms. The van der Waals surface area contributed by atoms with Crippen molar-refractivity contribution in [2.24, 2.45) is 0 Å². The predicted octanol–water partition coefficient (Wildman–Crippen LogP) is 3.90. The van der Waals surface area contributed by atoms with E-state index >= 15 is 0 Å². The highest BCUT2D eigenvalue weighted by molar-refractivity contribution is 7.85. The quantitative estimate of drug-likeness (QED) is 0.461. The Kier molecular flexibility index (Phi) is 5.19. The Bertz CT molecular complexity index is 67.9. The molecule has 0 atom stereocenters. The summed E-state index contributed by atoms with van der Waals surface area (Å²) < 4.78 is -0.921. The van der Waals surface area contributed by atoms with Crippen molar-refractivity contribution < 1.29 is 0 Å². The molecule has 0 aromatic carbocycles. The molecule has 0 rings (SSSR count). The Balaban J connectivity index is 3.07. The average molecular weight is 186 g/mol. The van der Waals surface area contributed by atoms with Gasteiger partial charge in [-0.1, -0.05) is 55.6 Å². The largest absolute Gasteiger partial charge is 0.173 e. The first kappa shape index (κ1) is 9.93. The molecule has 0 aliphatic rings. The van der Waals surface area contributed by atoms with Gasteiger partial charge in [0, 0.05) is 0 Å². The van der Waals surface area contributed by atoms with Crippen molar-refractivity contribution in [1.82, 2.24) is 0 Å². The van der Waals surface area contributed by atoms with Crippen LogP contribution in [0.2, 0.25) is 0 Å². The maximum atomic E-state index is 5.55. The van der Waals surface area contributed by atoms with E-state index in [0.29, 0.717) is 0 Å². The summed E-state index contributed by atoms with van der Waals surface area (Å²) in [6.45, 7) is 2.13. The Morgan fingerprint density at radius 3 is 2.22 bits per heavy atom. The molecule has 0 fully saturated rings. The van der Waals surface area contributed by atoms with Crippen LogP contribution in [0.15, 0.2) is 0 Å². The second-order valence-electron chi connectivity index (χ2n) is 2.09. The normalized spacial score (nSPS) is 12.0. The van der Waals surface area contributed by atoms with Crippen LogP contribution in [0.1, 0.15) is 32.6 Å². The van der Waals surface area contributed by atoms with Crippen LogP contribution in [-0.4, -0.2) is 3.67 Å². The summed E-state index contributed by atoms with van der Waals surface area (Å²) in [6, 6.07) is 0. The van der Waals surface area contributed by atoms with E-state index in [2.05, 4.69) is 6.92 Å². The molecule has 3 heteroatoms. The van der Waals surface area contributed by atoms with Gasteiger partial charge in [-0.15, -0.1) is 0 Å². The molecule has 0 amide bonds. The number of hydrogen-bond acceptors (Lipinski definition) is 0. The summed E-state index contributed by atoms with van der Waals surface area (Å²) in [7, 11) is 0. The third-order valence-electron chi connectivity index (χ3n) is 1.07. The van der Waals surface area contributed by atoms with Gasteiger partial charge in [-0.25, -0.2) is 0 Å². The van der Waals surface area contributed by atoms with Crippen molar-refractivity contribution >= 4 is 35.8 Å². The van der Waals surface area contributed by atoms with Gasteiger partial charge in [-0.3, -0.25) is 0 Å². The Hall–Kier alpha value is 0.930. The highest BCUT2D eigenvalue weighted by Gasteiger charge is 2.16. The molecule has 0 aromatic rings. The molecule has 0 N–H and O–H groups in total. The van der Waals surface area contributed by atoms with Gasteiger partial charge in [-0.2, -0.15) is 0 Å². The smallest absolute Gasteiger partial charge is 0.0885 e. The van der Waals surface area contributed by atoms with Gasteiger partial charge in [0.05, 0.1) is 0 Å². The van der Waals surface area contributed by atoms with E-state index < -0.39 is 3.67 Å². The lowest BCUT2D eigenvalue weighted by Crippen LogP contribution is -2.00. The minimum atomic E-state index is -0.921. The number of alkyl halides is 2. The molecule has 0 heterocycles. The van der Waals surface area contributed by atoms with Crippen LogP contribution < -0.4 is 0 Å². The maximum Gasteiger partial charge on any atom is 0.173 e. The SMILES string of the molecule is CCCCCC([S])(Cl)Cl. The number of halogens is 2. The first-order chi connectivity index (χ1) is 4.06. The van der Waals surface area contributed by atoms with Gasteiger partial charge in [0.25, 0.3) is 0 Å². The molecule has 9 heavy (non-hydrogen) atoms. The zero-order valence-electron chi connectivity index (χ0n) is 5.49. The van der Waals surface area contributed by atoms with E-state index in [9.17, 15) is 0 Å². The molecule has 0 unspecified atom stereocenters. The molecule has 0 aromatic heterocycles. The van der Waals surface area contributed by atoms with E-state index in [1.807, 2.05) is 0 Å². The third kappa shape index (κ3) is 8.93. The van der Waals surface area contributed by atoms with E-state index in [1.165, 1.54) is 6.42 Å². The van der Waals surface area contributed by atoms with Crippen LogP contribution in [0.4, 0.5) is 0 Å². The van der Waals surface area contributed by atoms with Gasteiger partial charge in [-0.05, 0) is 12.8 Å². The van der Waals surface area contributed by atoms with Crippen molar-refractivity contribution in [2.75, 3.05) is 0 Å². The maximum absolute atomic E-state index is 5.55. The Morgan fingerprint density at radius 1 is 1.33 bits per heavy atom. The van der Waals surface area contributed by atoms with E-state index in [1.54, 1.807) is 0 Å². The lowest BCUT2D eigenvalue weighted by molar-refractivity contribution is 0.681. The fourth-order valence-corrected chi connectivity index (χ4v) is 0.992. The molecule has 0 nitrogen and oxygen atoms in total. The fourth-order valence-electron chi connectivity index (χ4n) is 0.581. The first-order valence-corrected chi connectivity index (χ1v) is 4.31. The topological polar surface area (TPSA) is 0 Å². The molecular formula is C6H11Cl2S. The zero-order valence-corrected chi connectivity index (χ0v) is 7.82. The van der Waals surface area contributed by atoms with Crippen LogP contribution in [0, 0.1) is 0 Å². The van der Waals surface area contributed by atoms with Gasteiger partial charge >= 0.3 is 0 Å². The van der Waals surface area contributed by atoms with E-state index in [-0.39, 0.29) is 0 Å². The van der Waals surface area contributed by atoms with Gasteiger partial charge in [0.1, 0.15) is 0 Å². The van der Waals surface area contributed by atoms with Crippen molar-refractivity contribution in [2.45, 2.75) is 36.3 Å². The van der Waals surface area contributed by atoms with Crippen molar-refractivity contribution in [3.8, 4) is 0 Å². The highest BCUT2D eigenvalue weighted by Crippen LogP contribution is 2.31. The zero-order chi connectivity index (χ0) is 7.33. The van der Waals surface area contributed by atoms with E-state index in [0.717, 1.165) is 19.3 Å². The number of unbranched alkanes of at least 4 members (excludes halogenated alkanes) is 2. The molecule has 55 valence electrons. The molecular weight excluding hydrogens is 175 g/mol. The van der Waals surface area contributed by atoms with Crippen molar-refractivity contribution in [3.63, 3.8) is 0 Å². The molecule has 0 aliphatic heterocycles. The van der Waals surface area contributed by atoms with Crippen molar-refractivity contribution in [1.29, 1.82) is 0 Å². The van der Waals surface area contributed by atoms with Gasteiger partial charge in [0.2, 0.25) is 0 Å². The van der Waals surface area contributed by atoms with Crippen LogP contribution in [0.3, 0.4) is 0 Å². The molecule has 1 radical (unpaired) electrons. The molecule has 0 aliphatic carbocycles. The number of rotatable bonds is 4. The molecule has 0 saturated heterocycles. The minimum absolute atomic E-state index is 0.722. The second kappa shape index (κ2) is 4.70.